The second kappa shape index (κ2) is 1.91. The van der Waals surface area contributed by atoms with Crippen molar-refractivity contribution in [2.24, 2.45) is 47.3 Å². The van der Waals surface area contributed by atoms with Crippen LogP contribution >= 0.6 is 0 Å². The van der Waals surface area contributed by atoms with E-state index in [9.17, 15) is 0 Å². The molecule has 0 spiro atoms. The second-order valence-corrected chi connectivity index (χ2v) is 5.75. The monoisotopic (exact) mass is 164 g/mol. The maximum Gasteiger partial charge on any atom is -0.0318 e. The highest BCUT2D eigenvalue weighted by molar-refractivity contribution is 5.17. The van der Waals surface area contributed by atoms with Crippen molar-refractivity contribution < 1.29 is 0 Å². The lowest BCUT2D eigenvalue weighted by atomic mass is 9.55. The van der Waals surface area contributed by atoms with Gasteiger partial charge in [-0.05, 0) is 47.3 Å². The molecule has 0 heterocycles. The minimum atomic E-state index is 1.03. The maximum atomic E-state index is 2.51. The van der Waals surface area contributed by atoms with Gasteiger partial charge in [-0.3, -0.25) is 0 Å². The van der Waals surface area contributed by atoms with E-state index in [1.54, 1.807) is 0 Å². The normalized spacial score (nSPS) is 73.0. The molecular formula is C12H20. The molecule has 0 amide bonds. The minimum absolute atomic E-state index is 1.03. The third-order valence-corrected chi connectivity index (χ3v) is 5.66. The molecule has 68 valence electrons. The van der Waals surface area contributed by atoms with Crippen molar-refractivity contribution in [3.8, 4) is 0 Å². The van der Waals surface area contributed by atoms with Crippen LogP contribution in [0.25, 0.3) is 0 Å². The molecule has 3 aliphatic rings. The number of hydrogen-bond donors (Lipinski definition) is 0. The highest BCUT2D eigenvalue weighted by Gasteiger charge is 2.69. The molecule has 12 heavy (non-hydrogen) atoms. The molecule has 0 heteroatoms. The van der Waals surface area contributed by atoms with Gasteiger partial charge in [0.2, 0.25) is 0 Å². The van der Waals surface area contributed by atoms with E-state index in [0.717, 1.165) is 47.3 Å². The van der Waals surface area contributed by atoms with Crippen molar-refractivity contribution >= 4 is 0 Å². The van der Waals surface area contributed by atoms with E-state index in [2.05, 4.69) is 27.7 Å². The van der Waals surface area contributed by atoms with E-state index < -0.39 is 0 Å². The average molecular weight is 164 g/mol. The summed E-state index contributed by atoms with van der Waals surface area (Å²) in [5.74, 6) is 8.74. The van der Waals surface area contributed by atoms with E-state index in [0.29, 0.717) is 0 Å². The van der Waals surface area contributed by atoms with E-state index >= 15 is 0 Å². The van der Waals surface area contributed by atoms with Gasteiger partial charge >= 0.3 is 0 Å². The van der Waals surface area contributed by atoms with Gasteiger partial charge in [-0.25, -0.2) is 0 Å². The van der Waals surface area contributed by atoms with E-state index in [1.165, 1.54) is 0 Å². The molecule has 0 aromatic carbocycles. The molecular weight excluding hydrogens is 144 g/mol. The molecule has 8 atom stereocenters. The first-order valence-electron chi connectivity index (χ1n) is 5.64. The molecule has 0 aliphatic heterocycles. The van der Waals surface area contributed by atoms with Crippen LogP contribution in [0, 0.1) is 47.3 Å². The van der Waals surface area contributed by atoms with Crippen molar-refractivity contribution in [3.63, 3.8) is 0 Å². The fourth-order valence-corrected chi connectivity index (χ4v) is 4.91. The Morgan fingerprint density at radius 2 is 0.750 bits per heavy atom. The fourth-order valence-electron chi connectivity index (χ4n) is 4.91. The molecule has 0 nitrogen and oxygen atoms in total. The minimum Gasteiger partial charge on any atom is -0.0620 e. The van der Waals surface area contributed by atoms with Gasteiger partial charge < -0.3 is 0 Å². The molecule has 0 bridgehead atoms. The van der Waals surface area contributed by atoms with Crippen molar-refractivity contribution in [1.82, 2.24) is 0 Å². The van der Waals surface area contributed by atoms with Gasteiger partial charge in [0.25, 0.3) is 0 Å². The third-order valence-electron chi connectivity index (χ3n) is 5.66. The average Bonchev–Trinajstić information content (AvgIpc) is 2.57. The highest BCUT2D eigenvalue weighted by atomic mass is 14.7. The Morgan fingerprint density at radius 3 is 1.42 bits per heavy atom. The summed E-state index contributed by atoms with van der Waals surface area (Å²) in [4.78, 5) is 0. The topological polar surface area (TPSA) is 0 Å². The Morgan fingerprint density at radius 1 is 0.417 bits per heavy atom. The van der Waals surface area contributed by atoms with Gasteiger partial charge in [-0.2, -0.15) is 0 Å². The smallest absolute Gasteiger partial charge is 0.0318 e. The maximum absolute atomic E-state index is 2.51. The summed E-state index contributed by atoms with van der Waals surface area (Å²) in [5, 5.41) is 0. The van der Waals surface area contributed by atoms with Crippen molar-refractivity contribution in [2.75, 3.05) is 0 Å². The summed E-state index contributed by atoms with van der Waals surface area (Å²) in [5.41, 5.74) is 0. The standard InChI is InChI=1S/C12H20/c1-5-6(2)11-9(5)7(3)10-8(4)12(10)11/h5-12H,1-4H3. The zero-order chi connectivity index (χ0) is 8.62. The summed E-state index contributed by atoms with van der Waals surface area (Å²) in [6.07, 6.45) is 0. The molecule has 8 unspecified atom stereocenters. The molecule has 3 fully saturated rings. The molecule has 3 aliphatic carbocycles. The number of hydrogen-bond acceptors (Lipinski definition) is 0. The van der Waals surface area contributed by atoms with Crippen LogP contribution in [0.2, 0.25) is 0 Å². The van der Waals surface area contributed by atoms with Crippen LogP contribution < -0.4 is 0 Å². The fraction of sp³-hybridized carbons (Fsp3) is 1.00. The van der Waals surface area contributed by atoms with Gasteiger partial charge in [0.15, 0.2) is 0 Å². The van der Waals surface area contributed by atoms with Gasteiger partial charge in [0, 0.05) is 0 Å². The van der Waals surface area contributed by atoms with E-state index in [-0.39, 0.29) is 0 Å². The van der Waals surface area contributed by atoms with Gasteiger partial charge in [0.1, 0.15) is 0 Å². The first kappa shape index (κ1) is 7.41. The number of fused-ring (bicyclic) bond motifs is 3. The zero-order valence-corrected chi connectivity index (χ0v) is 8.62. The summed E-state index contributed by atoms with van der Waals surface area (Å²) < 4.78 is 0. The Bertz CT molecular complexity index is 218. The third kappa shape index (κ3) is 0.561. The number of rotatable bonds is 0. The first-order valence-corrected chi connectivity index (χ1v) is 5.64. The quantitative estimate of drug-likeness (QED) is 0.516. The highest BCUT2D eigenvalue weighted by Crippen LogP contribution is 2.74. The van der Waals surface area contributed by atoms with Gasteiger partial charge in [-0.1, -0.05) is 27.7 Å². The van der Waals surface area contributed by atoms with Crippen LogP contribution in [0.5, 0.6) is 0 Å². The predicted molar refractivity (Wildman–Crippen MR) is 50.6 cm³/mol. The van der Waals surface area contributed by atoms with Crippen LogP contribution in [0.15, 0.2) is 0 Å². The van der Waals surface area contributed by atoms with Crippen molar-refractivity contribution in [2.45, 2.75) is 27.7 Å². The zero-order valence-electron chi connectivity index (χ0n) is 8.62. The molecule has 0 saturated heterocycles. The summed E-state index contributed by atoms with van der Waals surface area (Å²) >= 11 is 0. The predicted octanol–water partition coefficient (Wildman–Crippen LogP) is 3.04. The molecule has 0 N–H and O–H groups in total. The van der Waals surface area contributed by atoms with E-state index in [4.69, 9.17) is 0 Å². The van der Waals surface area contributed by atoms with Gasteiger partial charge in [-0.15, -0.1) is 0 Å². The van der Waals surface area contributed by atoms with Crippen molar-refractivity contribution in [3.05, 3.63) is 0 Å². The Labute approximate surface area is 75.7 Å². The lowest BCUT2D eigenvalue weighted by Gasteiger charge is -2.50. The molecule has 3 rings (SSSR count). The van der Waals surface area contributed by atoms with Gasteiger partial charge in [0.05, 0.1) is 0 Å². The van der Waals surface area contributed by atoms with Crippen molar-refractivity contribution in [1.29, 1.82) is 0 Å². The first-order chi connectivity index (χ1) is 5.64. The van der Waals surface area contributed by atoms with Crippen LogP contribution in [0.4, 0.5) is 0 Å². The molecule has 0 aromatic rings. The molecule has 0 radical (unpaired) electrons. The Kier molecular flexibility index (Phi) is 1.18. The largest absolute Gasteiger partial charge is 0.0620 e. The van der Waals surface area contributed by atoms with Crippen LogP contribution in [-0.4, -0.2) is 0 Å². The lowest BCUT2D eigenvalue weighted by Crippen LogP contribution is -2.45. The Balaban J connectivity index is 1.88. The Hall–Kier alpha value is 0. The van der Waals surface area contributed by atoms with Crippen LogP contribution in [-0.2, 0) is 0 Å². The lowest BCUT2D eigenvalue weighted by molar-refractivity contribution is -0.0230. The van der Waals surface area contributed by atoms with Crippen LogP contribution in [0.1, 0.15) is 27.7 Å². The summed E-state index contributed by atoms with van der Waals surface area (Å²) in [6, 6.07) is 0. The SMILES string of the molecule is CC1C(C)C2C1C(C)C1C(C)C12. The summed E-state index contributed by atoms with van der Waals surface area (Å²) in [7, 11) is 0. The van der Waals surface area contributed by atoms with E-state index in [1.807, 2.05) is 0 Å². The summed E-state index contributed by atoms with van der Waals surface area (Å²) in [6.45, 7) is 9.93. The second-order valence-electron chi connectivity index (χ2n) is 5.75. The molecule has 0 aromatic heterocycles. The van der Waals surface area contributed by atoms with Crippen LogP contribution in [0.3, 0.4) is 0 Å². The molecule has 3 saturated carbocycles.